The smallest absolute Gasteiger partial charge is 0.357 e. The van der Waals surface area contributed by atoms with Gasteiger partial charge in [-0.15, -0.1) is 11.3 Å². The molecule has 6 heteroatoms. The van der Waals surface area contributed by atoms with Crippen molar-refractivity contribution in [3.8, 4) is 0 Å². The van der Waals surface area contributed by atoms with Gasteiger partial charge in [-0.2, -0.15) is 0 Å². The number of hydrogen-bond donors (Lipinski definition) is 2. The molecular weight excluding hydrogens is 238 g/mol. The van der Waals surface area contributed by atoms with Crippen LogP contribution in [0.4, 0.5) is 5.00 Å². The van der Waals surface area contributed by atoms with Gasteiger partial charge < -0.3 is 15.3 Å². The zero-order chi connectivity index (χ0) is 12.3. The molecule has 0 bridgehead atoms. The summed E-state index contributed by atoms with van der Waals surface area (Å²) >= 11 is 1.35. The van der Waals surface area contributed by atoms with Crippen LogP contribution in [0.1, 0.15) is 29.8 Å². The summed E-state index contributed by atoms with van der Waals surface area (Å²) < 4.78 is 0. The summed E-state index contributed by atoms with van der Waals surface area (Å²) in [7, 11) is 2.12. The summed E-state index contributed by atoms with van der Waals surface area (Å²) in [6, 6.07) is 0.493. The van der Waals surface area contributed by atoms with Crippen LogP contribution in [-0.4, -0.2) is 47.1 Å². The van der Waals surface area contributed by atoms with E-state index in [9.17, 15) is 4.79 Å². The highest BCUT2D eigenvalue weighted by atomic mass is 32.1. The second-order valence-electron chi connectivity index (χ2n) is 4.35. The number of nitrogens with zero attached hydrogens (tertiary/aromatic N) is 2. The fourth-order valence-electron chi connectivity index (χ4n) is 2.14. The monoisotopic (exact) mass is 255 g/mol. The van der Waals surface area contributed by atoms with E-state index in [1.807, 2.05) is 0 Å². The van der Waals surface area contributed by atoms with Crippen LogP contribution in [0.2, 0.25) is 0 Å². The Morgan fingerprint density at radius 1 is 1.71 bits per heavy atom. The Morgan fingerprint density at radius 2 is 2.53 bits per heavy atom. The molecule has 1 aliphatic rings. The molecule has 2 N–H and O–H groups in total. The third kappa shape index (κ3) is 2.95. The quantitative estimate of drug-likeness (QED) is 0.858. The van der Waals surface area contributed by atoms with Crippen molar-refractivity contribution in [3.63, 3.8) is 0 Å². The van der Waals surface area contributed by atoms with Gasteiger partial charge in [-0.25, -0.2) is 9.78 Å². The van der Waals surface area contributed by atoms with Crippen molar-refractivity contribution < 1.29 is 9.90 Å². The van der Waals surface area contributed by atoms with Crippen molar-refractivity contribution in [3.05, 3.63) is 11.2 Å². The van der Waals surface area contributed by atoms with Crippen molar-refractivity contribution >= 4 is 22.3 Å². The van der Waals surface area contributed by atoms with Crippen LogP contribution in [0, 0.1) is 0 Å². The van der Waals surface area contributed by atoms with Gasteiger partial charge in [0.2, 0.25) is 0 Å². The molecule has 0 saturated carbocycles. The van der Waals surface area contributed by atoms with E-state index in [0.29, 0.717) is 11.0 Å². The summed E-state index contributed by atoms with van der Waals surface area (Å²) in [6.07, 6.45) is 3.68. The van der Waals surface area contributed by atoms with Crippen LogP contribution in [0.15, 0.2) is 5.51 Å². The molecule has 0 aliphatic carbocycles. The summed E-state index contributed by atoms with van der Waals surface area (Å²) in [5.41, 5.74) is 1.70. The molecule has 94 valence electrons. The van der Waals surface area contributed by atoms with Crippen LogP contribution in [0.5, 0.6) is 0 Å². The maximum Gasteiger partial charge on any atom is 0.357 e. The van der Waals surface area contributed by atoms with Gasteiger partial charge in [-0.05, 0) is 26.4 Å². The average molecular weight is 255 g/mol. The Kier molecular flexibility index (Phi) is 3.96. The van der Waals surface area contributed by atoms with Crippen molar-refractivity contribution in [1.29, 1.82) is 0 Å². The van der Waals surface area contributed by atoms with Crippen LogP contribution in [0.25, 0.3) is 0 Å². The van der Waals surface area contributed by atoms with E-state index in [-0.39, 0.29) is 5.69 Å². The molecule has 1 saturated heterocycles. The van der Waals surface area contributed by atoms with Gasteiger partial charge in [-0.1, -0.05) is 6.42 Å². The summed E-state index contributed by atoms with van der Waals surface area (Å²) in [5, 5.41) is 12.8. The van der Waals surface area contributed by atoms with Crippen molar-refractivity contribution in [2.75, 3.05) is 25.5 Å². The summed E-state index contributed by atoms with van der Waals surface area (Å²) in [5.74, 6) is -0.967. The van der Waals surface area contributed by atoms with Crippen LogP contribution in [0.3, 0.4) is 0 Å². The van der Waals surface area contributed by atoms with Gasteiger partial charge in [0.25, 0.3) is 0 Å². The summed E-state index contributed by atoms with van der Waals surface area (Å²) in [4.78, 5) is 17.1. The highest BCUT2D eigenvalue weighted by Gasteiger charge is 2.20. The number of likely N-dealkylation sites (N-methyl/N-ethyl adjacent to an activating group) is 1. The highest BCUT2D eigenvalue weighted by Crippen LogP contribution is 2.21. The molecule has 0 aromatic carbocycles. The topological polar surface area (TPSA) is 65.5 Å². The maximum absolute atomic E-state index is 10.9. The van der Waals surface area contributed by atoms with Crippen LogP contribution >= 0.6 is 11.3 Å². The number of anilines is 1. The van der Waals surface area contributed by atoms with Crippen LogP contribution in [-0.2, 0) is 0 Å². The number of likely N-dealkylation sites (tertiary alicyclic amines) is 1. The third-order valence-corrected chi connectivity index (χ3v) is 3.97. The molecule has 5 nitrogen and oxygen atoms in total. The number of carboxylic acids is 1. The lowest BCUT2D eigenvalue weighted by Crippen LogP contribution is -2.40. The van der Waals surface area contributed by atoms with E-state index >= 15 is 0 Å². The number of carboxylic acid groups (broad SMARTS) is 1. The molecule has 2 heterocycles. The van der Waals surface area contributed by atoms with E-state index in [0.717, 1.165) is 13.1 Å². The number of aromatic nitrogens is 1. The molecule has 0 radical (unpaired) electrons. The first-order valence-corrected chi connectivity index (χ1v) is 6.67. The highest BCUT2D eigenvalue weighted by molar-refractivity contribution is 7.14. The van der Waals surface area contributed by atoms with Gasteiger partial charge in [-0.3, -0.25) is 0 Å². The number of rotatable bonds is 4. The number of aromatic carboxylic acids is 1. The fraction of sp³-hybridized carbons (Fsp3) is 0.636. The van der Waals surface area contributed by atoms with Gasteiger partial charge in [0.1, 0.15) is 5.00 Å². The Labute approximate surface area is 104 Å². The number of hydrogen-bond acceptors (Lipinski definition) is 5. The minimum absolute atomic E-state index is 0.133. The third-order valence-electron chi connectivity index (χ3n) is 3.19. The molecule has 1 aromatic heterocycles. The Bertz CT molecular complexity index is 394. The number of nitrogens with one attached hydrogen (secondary N) is 1. The molecule has 1 unspecified atom stereocenters. The molecule has 0 spiro atoms. The zero-order valence-electron chi connectivity index (χ0n) is 9.85. The Morgan fingerprint density at radius 3 is 3.24 bits per heavy atom. The molecule has 17 heavy (non-hydrogen) atoms. The van der Waals surface area contributed by atoms with Gasteiger partial charge in [0, 0.05) is 12.6 Å². The predicted octanol–water partition coefficient (Wildman–Crippen LogP) is 1.74. The lowest BCUT2D eigenvalue weighted by atomic mass is 10.0. The molecule has 1 aliphatic heterocycles. The molecule has 1 aromatic rings. The molecule has 1 fully saturated rings. The minimum atomic E-state index is -0.967. The number of piperidine rings is 1. The van der Waals surface area contributed by atoms with E-state index < -0.39 is 5.97 Å². The first-order valence-electron chi connectivity index (χ1n) is 5.79. The fourth-order valence-corrected chi connectivity index (χ4v) is 2.82. The van der Waals surface area contributed by atoms with E-state index in [4.69, 9.17) is 5.11 Å². The van der Waals surface area contributed by atoms with Crippen molar-refractivity contribution in [2.45, 2.75) is 25.3 Å². The van der Waals surface area contributed by atoms with Gasteiger partial charge in [0.05, 0.1) is 5.51 Å². The number of carbonyl (C=O) groups is 1. The lowest BCUT2D eigenvalue weighted by molar-refractivity contribution is 0.0692. The van der Waals surface area contributed by atoms with Crippen molar-refractivity contribution in [1.82, 2.24) is 9.88 Å². The SMILES string of the molecule is CN1CCCCC1CNc1scnc1C(=O)O. The van der Waals surface area contributed by atoms with E-state index in [1.54, 1.807) is 5.51 Å². The largest absolute Gasteiger partial charge is 0.476 e. The number of thiazole rings is 1. The molecular formula is C11H17N3O2S. The molecule has 1 atom stereocenters. The second-order valence-corrected chi connectivity index (χ2v) is 5.20. The average Bonchev–Trinajstić information content (AvgIpc) is 2.76. The summed E-state index contributed by atoms with van der Waals surface area (Å²) in [6.45, 7) is 1.92. The van der Waals surface area contributed by atoms with Crippen LogP contribution < -0.4 is 5.32 Å². The zero-order valence-corrected chi connectivity index (χ0v) is 10.7. The van der Waals surface area contributed by atoms with E-state index in [2.05, 4.69) is 22.2 Å². The first-order chi connectivity index (χ1) is 8.18. The second kappa shape index (κ2) is 5.46. The predicted molar refractivity (Wildman–Crippen MR) is 67.8 cm³/mol. The maximum atomic E-state index is 10.9. The Hall–Kier alpha value is -1.14. The standard InChI is InChI=1S/C11H17N3O2S/c1-14-5-3-2-4-8(14)6-12-10-9(11(15)16)13-7-17-10/h7-8,12H,2-6H2,1H3,(H,15,16). The van der Waals surface area contributed by atoms with Crippen molar-refractivity contribution in [2.24, 2.45) is 0 Å². The van der Waals surface area contributed by atoms with Gasteiger partial charge >= 0.3 is 5.97 Å². The Balaban J connectivity index is 1.92. The normalized spacial score (nSPS) is 21.4. The minimum Gasteiger partial charge on any atom is -0.476 e. The van der Waals surface area contributed by atoms with E-state index in [1.165, 1.54) is 30.6 Å². The lowest BCUT2D eigenvalue weighted by Gasteiger charge is -2.32. The first kappa shape index (κ1) is 12.3. The molecule has 2 rings (SSSR count). The molecule has 0 amide bonds. The van der Waals surface area contributed by atoms with Gasteiger partial charge in [0.15, 0.2) is 5.69 Å².